The number of rotatable bonds is 4. The average molecular weight is 350 g/mol. The normalized spacial score (nSPS) is 19.9. The van der Waals surface area contributed by atoms with Crippen molar-refractivity contribution in [2.45, 2.75) is 19.4 Å². The molecule has 0 fully saturated rings. The van der Waals surface area contributed by atoms with Crippen molar-refractivity contribution >= 4 is 34.6 Å². The fraction of sp³-hybridized carbons (Fsp3) is 0.375. The van der Waals surface area contributed by atoms with Crippen molar-refractivity contribution in [1.82, 2.24) is 10.6 Å². The summed E-state index contributed by atoms with van der Waals surface area (Å²) < 4.78 is 0. The van der Waals surface area contributed by atoms with Gasteiger partial charge in [0.2, 0.25) is 0 Å². The van der Waals surface area contributed by atoms with Crippen molar-refractivity contribution in [2.75, 3.05) is 19.6 Å². The summed E-state index contributed by atoms with van der Waals surface area (Å²) in [4.78, 5) is 27.6. The highest BCUT2D eigenvalue weighted by Crippen LogP contribution is 2.31. The molecule has 3 amide bonds. The molecule has 2 aromatic rings. The van der Waals surface area contributed by atoms with Gasteiger partial charge in [-0.2, -0.15) is 0 Å². The van der Waals surface area contributed by atoms with E-state index in [2.05, 4.69) is 33.5 Å². The number of amides is 3. The molecule has 1 unspecified atom stereocenters. The number of quaternary nitrogens is 1. The number of nitrogens with one attached hydrogen (secondary N) is 3. The van der Waals surface area contributed by atoms with Crippen molar-refractivity contribution in [2.24, 2.45) is 0 Å². The molecule has 1 aliphatic heterocycles. The van der Waals surface area contributed by atoms with Gasteiger partial charge in [-0.05, 0) is 29.8 Å². The highest BCUT2D eigenvalue weighted by molar-refractivity contribution is 7.10. The lowest BCUT2D eigenvalue weighted by atomic mass is 9.98. The lowest BCUT2D eigenvalue weighted by Gasteiger charge is -2.31. The van der Waals surface area contributed by atoms with E-state index in [1.165, 1.54) is 20.2 Å². The molecule has 0 spiro atoms. The summed E-state index contributed by atoms with van der Waals surface area (Å²) in [5.41, 5.74) is 1.32. The van der Waals surface area contributed by atoms with E-state index < -0.39 is 6.03 Å². The Labute approximate surface area is 143 Å². The van der Waals surface area contributed by atoms with Crippen molar-refractivity contribution in [3.05, 3.63) is 44.3 Å². The standard InChI is InChI=1S/C16H19N3O2S2/c1-2-17-16(21)18-14(20)10-19-7-5-12-11(6-9-23-12)15(19)13-4-3-8-22-13/h3-4,6,8-9,15H,2,5,7,10H2,1H3,(H2,17,18,20,21)/p+1/t15-/m0/s1. The zero-order valence-corrected chi connectivity index (χ0v) is 14.6. The number of thiophene rings is 2. The van der Waals surface area contributed by atoms with Crippen LogP contribution in [0.2, 0.25) is 0 Å². The van der Waals surface area contributed by atoms with Crippen LogP contribution in [0.3, 0.4) is 0 Å². The smallest absolute Gasteiger partial charge is 0.321 e. The number of urea groups is 1. The maximum absolute atomic E-state index is 12.2. The van der Waals surface area contributed by atoms with Gasteiger partial charge in [-0.1, -0.05) is 6.07 Å². The first-order valence-corrected chi connectivity index (χ1v) is 9.47. The Kier molecular flexibility index (Phi) is 5.09. The molecule has 3 N–H and O–H groups in total. The first-order valence-electron chi connectivity index (χ1n) is 7.71. The zero-order valence-electron chi connectivity index (χ0n) is 12.9. The lowest BCUT2D eigenvalue weighted by Crippen LogP contribution is -3.14. The largest absolute Gasteiger partial charge is 0.338 e. The number of carbonyl (C=O) groups excluding carboxylic acids is 2. The number of fused-ring (bicyclic) bond motifs is 1. The van der Waals surface area contributed by atoms with Crippen molar-refractivity contribution in [1.29, 1.82) is 0 Å². The average Bonchev–Trinajstić information content (AvgIpc) is 3.18. The van der Waals surface area contributed by atoms with Crippen LogP contribution in [-0.4, -0.2) is 31.6 Å². The molecule has 122 valence electrons. The highest BCUT2D eigenvalue weighted by Gasteiger charge is 2.35. The summed E-state index contributed by atoms with van der Waals surface area (Å²) >= 11 is 3.51. The zero-order chi connectivity index (χ0) is 16.2. The summed E-state index contributed by atoms with van der Waals surface area (Å²) in [6.07, 6.45) is 0.985. The second-order valence-corrected chi connectivity index (χ2v) is 7.47. The van der Waals surface area contributed by atoms with Gasteiger partial charge in [0, 0.05) is 23.4 Å². The molecule has 23 heavy (non-hydrogen) atoms. The fourth-order valence-corrected chi connectivity index (χ4v) is 4.85. The van der Waals surface area contributed by atoms with Gasteiger partial charge in [0.1, 0.15) is 6.04 Å². The maximum atomic E-state index is 12.2. The number of imide groups is 1. The Morgan fingerprint density at radius 3 is 2.91 bits per heavy atom. The molecular formula is C16H20N3O2S2+. The van der Waals surface area contributed by atoms with E-state index in [4.69, 9.17) is 0 Å². The summed E-state index contributed by atoms with van der Waals surface area (Å²) in [7, 11) is 0. The molecule has 0 aromatic carbocycles. The van der Waals surface area contributed by atoms with E-state index in [-0.39, 0.29) is 11.9 Å². The van der Waals surface area contributed by atoms with Crippen LogP contribution in [0.15, 0.2) is 29.0 Å². The Hall–Kier alpha value is -1.70. The lowest BCUT2D eigenvalue weighted by molar-refractivity contribution is -0.919. The number of hydrogen-bond donors (Lipinski definition) is 3. The SMILES string of the molecule is CCNC(=O)NC(=O)C[NH+]1CCc2sccc2[C@H]1c1cccs1. The van der Waals surface area contributed by atoms with Crippen LogP contribution < -0.4 is 15.5 Å². The molecule has 0 bridgehead atoms. The molecule has 0 saturated heterocycles. The Balaban J connectivity index is 1.76. The minimum Gasteiger partial charge on any atom is -0.338 e. The Morgan fingerprint density at radius 2 is 2.17 bits per heavy atom. The fourth-order valence-electron chi connectivity index (χ4n) is 3.03. The third-order valence-corrected chi connectivity index (χ3v) is 5.91. The summed E-state index contributed by atoms with van der Waals surface area (Å²) in [6.45, 7) is 3.53. The molecular weight excluding hydrogens is 330 g/mol. The molecule has 0 saturated carbocycles. The highest BCUT2D eigenvalue weighted by atomic mass is 32.1. The summed E-state index contributed by atoms with van der Waals surface area (Å²) in [6, 6.07) is 6.12. The second-order valence-electron chi connectivity index (χ2n) is 5.49. The van der Waals surface area contributed by atoms with E-state index in [9.17, 15) is 9.59 Å². The van der Waals surface area contributed by atoms with E-state index >= 15 is 0 Å². The maximum Gasteiger partial charge on any atom is 0.321 e. The van der Waals surface area contributed by atoms with Gasteiger partial charge in [-0.25, -0.2) is 4.79 Å². The van der Waals surface area contributed by atoms with Crippen LogP contribution in [0.1, 0.15) is 28.3 Å². The topological polar surface area (TPSA) is 62.6 Å². The molecule has 1 aliphatic rings. The third kappa shape index (κ3) is 3.63. The third-order valence-electron chi connectivity index (χ3n) is 3.98. The van der Waals surface area contributed by atoms with Crippen LogP contribution in [0.25, 0.3) is 0 Å². The van der Waals surface area contributed by atoms with Crippen molar-refractivity contribution in [3.63, 3.8) is 0 Å². The van der Waals surface area contributed by atoms with E-state index in [1.807, 2.05) is 13.0 Å². The first-order chi connectivity index (χ1) is 11.2. The van der Waals surface area contributed by atoms with Gasteiger partial charge < -0.3 is 10.2 Å². The predicted octanol–water partition coefficient (Wildman–Crippen LogP) is 1.19. The molecule has 0 radical (unpaired) electrons. The van der Waals surface area contributed by atoms with Gasteiger partial charge in [0.05, 0.1) is 11.4 Å². The Bertz CT molecular complexity index is 681. The van der Waals surface area contributed by atoms with E-state index in [0.717, 1.165) is 13.0 Å². The Morgan fingerprint density at radius 1 is 1.30 bits per heavy atom. The van der Waals surface area contributed by atoms with Crippen LogP contribution in [0.5, 0.6) is 0 Å². The van der Waals surface area contributed by atoms with Gasteiger partial charge in [0.15, 0.2) is 6.54 Å². The second kappa shape index (κ2) is 7.25. The van der Waals surface area contributed by atoms with Crippen LogP contribution >= 0.6 is 22.7 Å². The molecule has 5 nitrogen and oxygen atoms in total. The molecule has 3 heterocycles. The van der Waals surface area contributed by atoms with Crippen molar-refractivity contribution in [3.8, 4) is 0 Å². The monoisotopic (exact) mass is 350 g/mol. The van der Waals surface area contributed by atoms with Gasteiger partial charge in [-0.3, -0.25) is 10.1 Å². The van der Waals surface area contributed by atoms with Crippen LogP contribution in [0.4, 0.5) is 4.79 Å². The number of carbonyl (C=O) groups is 2. The minimum absolute atomic E-state index is 0.185. The quantitative estimate of drug-likeness (QED) is 0.776. The molecule has 2 atom stereocenters. The minimum atomic E-state index is -0.419. The molecule has 0 aliphatic carbocycles. The van der Waals surface area contributed by atoms with E-state index in [1.54, 1.807) is 22.7 Å². The number of hydrogen-bond acceptors (Lipinski definition) is 4. The van der Waals surface area contributed by atoms with Gasteiger partial charge in [0.25, 0.3) is 5.91 Å². The van der Waals surface area contributed by atoms with Gasteiger partial charge in [-0.15, -0.1) is 22.7 Å². The summed E-state index contributed by atoms with van der Waals surface area (Å²) in [5, 5.41) is 9.20. The molecule has 3 rings (SSSR count). The molecule has 2 aromatic heterocycles. The van der Waals surface area contributed by atoms with E-state index in [0.29, 0.717) is 13.1 Å². The van der Waals surface area contributed by atoms with Gasteiger partial charge >= 0.3 is 6.03 Å². The predicted molar refractivity (Wildman–Crippen MR) is 92.1 cm³/mol. The van der Waals surface area contributed by atoms with Crippen molar-refractivity contribution < 1.29 is 14.5 Å². The first kappa shape index (κ1) is 16.2. The van der Waals surface area contributed by atoms with Crippen LogP contribution in [-0.2, 0) is 11.2 Å². The van der Waals surface area contributed by atoms with Crippen LogP contribution in [0, 0.1) is 0 Å². The molecule has 7 heteroatoms. The summed E-state index contributed by atoms with van der Waals surface area (Å²) in [5.74, 6) is -0.230.